The number of benzene rings is 1. The minimum atomic E-state index is -0.316. The molecule has 0 radical (unpaired) electrons. The van der Waals surface area contributed by atoms with Crippen molar-refractivity contribution in [3.8, 4) is 0 Å². The highest BCUT2D eigenvalue weighted by atomic mass is 16.5. The van der Waals surface area contributed by atoms with Crippen LogP contribution in [0.1, 0.15) is 81.4 Å². The molecule has 0 bridgehead atoms. The Morgan fingerprint density at radius 2 is 2.00 bits per heavy atom. The number of rotatable bonds is 9. The molecular weight excluding hydrogens is 324 g/mol. The molecule has 0 atom stereocenters. The van der Waals surface area contributed by atoms with Gasteiger partial charge in [-0.05, 0) is 74.0 Å². The van der Waals surface area contributed by atoms with Crippen LogP contribution < -0.4 is 0 Å². The molecule has 144 valence electrons. The Hall–Kier alpha value is -1.61. The van der Waals surface area contributed by atoms with Crippen molar-refractivity contribution < 1.29 is 14.6 Å². The van der Waals surface area contributed by atoms with E-state index >= 15 is 0 Å². The molecule has 0 unspecified atom stereocenters. The van der Waals surface area contributed by atoms with Gasteiger partial charge in [0, 0.05) is 5.57 Å². The van der Waals surface area contributed by atoms with Crippen LogP contribution >= 0.6 is 0 Å². The molecule has 1 saturated carbocycles. The van der Waals surface area contributed by atoms with Crippen LogP contribution in [0.3, 0.4) is 0 Å². The van der Waals surface area contributed by atoms with Gasteiger partial charge in [0.2, 0.25) is 0 Å². The van der Waals surface area contributed by atoms with Crippen LogP contribution in [-0.4, -0.2) is 17.7 Å². The van der Waals surface area contributed by atoms with Crippen LogP contribution in [-0.2, 0) is 22.6 Å². The molecule has 1 fully saturated rings. The number of hydrogen-bond donors (Lipinski definition) is 1. The summed E-state index contributed by atoms with van der Waals surface area (Å²) in [7, 11) is 0. The van der Waals surface area contributed by atoms with Crippen LogP contribution in [0, 0.1) is 5.92 Å². The first kappa shape index (κ1) is 20.7. The van der Waals surface area contributed by atoms with Crippen LogP contribution in [0.15, 0.2) is 30.4 Å². The maximum absolute atomic E-state index is 11.5. The normalized spacial score (nSPS) is 20.0. The van der Waals surface area contributed by atoms with Crippen molar-refractivity contribution in [3.05, 3.63) is 47.0 Å². The molecule has 0 heterocycles. The summed E-state index contributed by atoms with van der Waals surface area (Å²) in [4.78, 5) is 11.5. The van der Waals surface area contributed by atoms with Gasteiger partial charge in [-0.15, -0.1) is 0 Å². The van der Waals surface area contributed by atoms with Gasteiger partial charge in [-0.2, -0.15) is 0 Å². The van der Waals surface area contributed by atoms with Crippen LogP contribution in [0.2, 0.25) is 0 Å². The minimum Gasteiger partial charge on any atom is -0.462 e. The Bertz CT molecular complexity index is 597. The summed E-state index contributed by atoms with van der Waals surface area (Å²) in [6, 6.07) is 6.40. The lowest BCUT2D eigenvalue weighted by Gasteiger charge is -2.30. The largest absolute Gasteiger partial charge is 0.462 e. The number of aliphatic hydroxyl groups excluding tert-OH is 1. The van der Waals surface area contributed by atoms with Crippen LogP contribution in [0.5, 0.6) is 0 Å². The fourth-order valence-corrected chi connectivity index (χ4v) is 4.09. The van der Waals surface area contributed by atoms with Gasteiger partial charge in [-0.3, -0.25) is 0 Å². The molecule has 0 amide bonds. The molecular formula is C23H34O3. The van der Waals surface area contributed by atoms with Gasteiger partial charge in [0.1, 0.15) is 0 Å². The van der Waals surface area contributed by atoms with Crippen molar-refractivity contribution >= 4 is 5.97 Å². The molecule has 0 aromatic heterocycles. The summed E-state index contributed by atoms with van der Waals surface area (Å²) < 4.78 is 5.22. The standard InChI is InChI=1S/C23H34O3/c1-4-6-18-8-11-20(12-9-18)22-13-10-19(16-24)15-21(22)7-5-14-26-23(25)17(2)3/h10,13,15,18,20,24H,2,4-9,11-12,14,16H2,1,3H3. The molecule has 26 heavy (non-hydrogen) atoms. The number of aryl methyl sites for hydroxylation is 1. The molecule has 1 N–H and O–H groups in total. The van der Waals surface area contributed by atoms with Gasteiger partial charge >= 0.3 is 5.97 Å². The number of carbonyl (C=O) groups is 1. The molecule has 1 aromatic carbocycles. The Labute approximate surface area is 158 Å². The highest BCUT2D eigenvalue weighted by Crippen LogP contribution is 2.39. The third-order valence-corrected chi connectivity index (χ3v) is 5.55. The zero-order chi connectivity index (χ0) is 18.9. The number of ether oxygens (including phenoxy) is 1. The molecule has 1 aromatic rings. The second kappa shape index (κ2) is 10.5. The molecule has 3 heteroatoms. The quantitative estimate of drug-likeness (QED) is 0.370. The Balaban J connectivity index is 1.98. The van der Waals surface area contributed by atoms with Crippen molar-refractivity contribution in [3.63, 3.8) is 0 Å². The summed E-state index contributed by atoms with van der Waals surface area (Å²) in [5.74, 6) is 1.21. The van der Waals surface area contributed by atoms with E-state index in [2.05, 4.69) is 31.7 Å². The number of esters is 1. The van der Waals surface area contributed by atoms with Gasteiger partial charge < -0.3 is 9.84 Å². The predicted molar refractivity (Wildman–Crippen MR) is 106 cm³/mol. The molecule has 1 aliphatic rings. The monoisotopic (exact) mass is 358 g/mol. The highest BCUT2D eigenvalue weighted by molar-refractivity contribution is 5.86. The molecule has 2 rings (SSSR count). The Kier molecular flexibility index (Phi) is 8.37. The van der Waals surface area contributed by atoms with Crippen LogP contribution in [0.4, 0.5) is 0 Å². The van der Waals surface area contributed by atoms with E-state index in [0.717, 1.165) is 24.3 Å². The molecule has 0 saturated heterocycles. The van der Waals surface area contributed by atoms with E-state index in [1.807, 2.05) is 0 Å². The van der Waals surface area contributed by atoms with E-state index < -0.39 is 0 Å². The third-order valence-electron chi connectivity index (χ3n) is 5.55. The summed E-state index contributed by atoms with van der Waals surface area (Å²) in [5, 5.41) is 9.48. The molecule has 0 spiro atoms. The zero-order valence-electron chi connectivity index (χ0n) is 16.4. The second-order valence-corrected chi connectivity index (χ2v) is 7.72. The molecule has 3 nitrogen and oxygen atoms in total. The number of carbonyl (C=O) groups excluding carboxylic acids is 1. The third kappa shape index (κ3) is 5.98. The fraction of sp³-hybridized carbons (Fsp3) is 0.609. The van der Waals surface area contributed by atoms with E-state index in [-0.39, 0.29) is 12.6 Å². The lowest BCUT2D eigenvalue weighted by molar-refractivity contribution is -0.139. The van der Waals surface area contributed by atoms with Crippen molar-refractivity contribution in [1.29, 1.82) is 0 Å². The lowest BCUT2D eigenvalue weighted by atomic mass is 9.75. The van der Waals surface area contributed by atoms with E-state index in [9.17, 15) is 9.90 Å². The average molecular weight is 359 g/mol. The van der Waals surface area contributed by atoms with Crippen LogP contribution in [0.25, 0.3) is 0 Å². The fourth-order valence-electron chi connectivity index (χ4n) is 4.09. The zero-order valence-corrected chi connectivity index (χ0v) is 16.4. The summed E-state index contributed by atoms with van der Waals surface area (Å²) in [6.45, 7) is 8.03. The average Bonchev–Trinajstić information content (AvgIpc) is 2.65. The van der Waals surface area contributed by atoms with Crippen molar-refractivity contribution in [1.82, 2.24) is 0 Å². The first-order valence-corrected chi connectivity index (χ1v) is 10.1. The van der Waals surface area contributed by atoms with Gasteiger partial charge in [0.15, 0.2) is 0 Å². The van der Waals surface area contributed by atoms with Gasteiger partial charge in [0.25, 0.3) is 0 Å². The topological polar surface area (TPSA) is 46.5 Å². The number of hydrogen-bond acceptors (Lipinski definition) is 3. The maximum atomic E-state index is 11.5. The van der Waals surface area contributed by atoms with Gasteiger partial charge in [0.05, 0.1) is 13.2 Å². The smallest absolute Gasteiger partial charge is 0.333 e. The maximum Gasteiger partial charge on any atom is 0.333 e. The van der Waals surface area contributed by atoms with Crippen molar-refractivity contribution in [2.75, 3.05) is 6.61 Å². The first-order chi connectivity index (χ1) is 12.5. The molecule has 1 aliphatic carbocycles. The highest BCUT2D eigenvalue weighted by Gasteiger charge is 2.23. The summed E-state index contributed by atoms with van der Waals surface area (Å²) >= 11 is 0. The Morgan fingerprint density at radius 1 is 1.27 bits per heavy atom. The minimum absolute atomic E-state index is 0.0706. The van der Waals surface area contributed by atoms with E-state index in [1.54, 1.807) is 6.92 Å². The predicted octanol–water partition coefficient (Wildman–Crippen LogP) is 5.30. The van der Waals surface area contributed by atoms with Crippen molar-refractivity contribution in [2.45, 2.75) is 77.7 Å². The summed E-state index contributed by atoms with van der Waals surface area (Å²) in [6.07, 6.45) is 9.51. The second-order valence-electron chi connectivity index (χ2n) is 7.72. The van der Waals surface area contributed by atoms with E-state index in [1.165, 1.54) is 49.7 Å². The lowest BCUT2D eigenvalue weighted by Crippen LogP contribution is -2.15. The van der Waals surface area contributed by atoms with E-state index in [4.69, 9.17) is 4.74 Å². The number of aliphatic hydroxyl groups is 1. The summed E-state index contributed by atoms with van der Waals surface area (Å²) in [5.41, 5.74) is 4.14. The van der Waals surface area contributed by atoms with Gasteiger partial charge in [-0.25, -0.2) is 4.79 Å². The van der Waals surface area contributed by atoms with Gasteiger partial charge in [-0.1, -0.05) is 44.5 Å². The molecule has 0 aliphatic heterocycles. The first-order valence-electron chi connectivity index (χ1n) is 10.1. The SMILES string of the molecule is C=C(C)C(=O)OCCCc1cc(CO)ccc1C1CCC(CCC)CC1. The van der Waals surface area contributed by atoms with Crippen molar-refractivity contribution in [2.24, 2.45) is 5.92 Å². The van der Waals surface area contributed by atoms with E-state index in [0.29, 0.717) is 18.1 Å². The Morgan fingerprint density at radius 3 is 2.62 bits per heavy atom.